The van der Waals surface area contributed by atoms with Crippen LogP contribution in [0.2, 0.25) is 15.1 Å². The maximum absolute atomic E-state index is 6.37. The number of hydrogen-bond acceptors (Lipinski definition) is 3. The summed E-state index contributed by atoms with van der Waals surface area (Å²) in [6, 6.07) is 25.9. The zero-order valence-corrected chi connectivity index (χ0v) is 22.4. The van der Waals surface area contributed by atoms with Crippen molar-refractivity contribution in [1.82, 2.24) is 9.55 Å². The average molecular weight is 548 g/mol. The molecule has 0 radical (unpaired) electrons. The predicted molar refractivity (Wildman–Crippen MR) is 155 cm³/mol. The van der Waals surface area contributed by atoms with Crippen molar-refractivity contribution >= 4 is 57.2 Å². The number of halogens is 3. The van der Waals surface area contributed by atoms with Crippen molar-refractivity contribution in [3.05, 3.63) is 99.3 Å². The third kappa shape index (κ3) is 5.19. The lowest BCUT2D eigenvalue weighted by atomic mass is 9.96. The minimum Gasteiger partial charge on any atom is -0.354 e. The number of fused-ring (bicyclic) bond motifs is 2. The van der Waals surface area contributed by atoms with Crippen molar-refractivity contribution in [2.24, 2.45) is 4.99 Å². The van der Waals surface area contributed by atoms with Crippen molar-refractivity contribution in [2.75, 3.05) is 5.32 Å². The van der Waals surface area contributed by atoms with Crippen LogP contribution < -0.4 is 10.7 Å². The van der Waals surface area contributed by atoms with Crippen LogP contribution >= 0.6 is 34.8 Å². The Morgan fingerprint density at radius 3 is 2.16 bits per heavy atom. The van der Waals surface area contributed by atoms with Gasteiger partial charge in [-0.25, -0.2) is 4.98 Å². The van der Waals surface area contributed by atoms with Crippen LogP contribution in [0.15, 0.2) is 83.9 Å². The summed E-state index contributed by atoms with van der Waals surface area (Å²) in [5.74, 6) is 0. The molecule has 186 valence electrons. The summed E-state index contributed by atoms with van der Waals surface area (Å²) in [5, 5.41) is 6.52. The van der Waals surface area contributed by atoms with E-state index in [1.807, 2.05) is 66.7 Å². The van der Waals surface area contributed by atoms with Gasteiger partial charge in [-0.15, -0.1) is 0 Å². The van der Waals surface area contributed by atoms with Crippen LogP contribution in [0.1, 0.15) is 32.1 Å². The molecular formula is C30H25Cl3N4. The zero-order valence-electron chi connectivity index (χ0n) is 20.1. The van der Waals surface area contributed by atoms with E-state index in [1.54, 1.807) is 0 Å². The number of anilines is 2. The fraction of sp³-hybridized carbons (Fsp3) is 0.200. The smallest absolute Gasteiger partial charge is 0.0900 e. The van der Waals surface area contributed by atoms with Crippen molar-refractivity contribution in [2.45, 2.75) is 38.1 Å². The van der Waals surface area contributed by atoms with Crippen molar-refractivity contribution < 1.29 is 0 Å². The van der Waals surface area contributed by atoms with E-state index in [4.69, 9.17) is 44.8 Å². The third-order valence-corrected chi connectivity index (χ3v) is 7.60. The molecule has 0 unspecified atom stereocenters. The first-order chi connectivity index (χ1) is 18.0. The van der Waals surface area contributed by atoms with Gasteiger partial charge in [-0.2, -0.15) is 0 Å². The molecule has 0 amide bonds. The van der Waals surface area contributed by atoms with Gasteiger partial charge in [0.15, 0.2) is 0 Å². The van der Waals surface area contributed by atoms with Crippen LogP contribution in [0, 0.1) is 0 Å². The summed E-state index contributed by atoms with van der Waals surface area (Å²) in [7, 11) is 0. The van der Waals surface area contributed by atoms with Gasteiger partial charge in [0.1, 0.15) is 0 Å². The predicted octanol–water partition coefficient (Wildman–Crippen LogP) is 9.07. The Balaban J connectivity index is 1.62. The van der Waals surface area contributed by atoms with Crippen LogP contribution in [0.5, 0.6) is 0 Å². The highest BCUT2D eigenvalue weighted by Crippen LogP contribution is 2.32. The van der Waals surface area contributed by atoms with Gasteiger partial charge >= 0.3 is 0 Å². The Morgan fingerprint density at radius 1 is 0.757 bits per heavy atom. The highest BCUT2D eigenvalue weighted by molar-refractivity contribution is 6.31. The van der Waals surface area contributed by atoms with E-state index in [9.17, 15) is 0 Å². The van der Waals surface area contributed by atoms with Crippen molar-refractivity contribution in [3.63, 3.8) is 0 Å². The lowest BCUT2D eigenvalue weighted by Crippen LogP contribution is -2.19. The standard InChI is InChI=1S/C30H25Cl3N4/c31-19-6-11-23(12-7-19)35-25-17-28-30(18-26(25)34-22-4-2-1-3-5-22)37(24-13-8-20(32)9-14-24)29-15-10-21(33)16-27(29)36-28/h6-18,22,35H,1-5H2/b34-26+. The molecule has 0 spiro atoms. The van der Waals surface area contributed by atoms with Gasteiger partial charge in [0.2, 0.25) is 0 Å². The molecule has 0 saturated heterocycles. The van der Waals surface area contributed by atoms with Gasteiger partial charge in [-0.3, -0.25) is 4.99 Å². The molecule has 3 aliphatic rings. The van der Waals surface area contributed by atoms with Gasteiger partial charge in [0, 0.05) is 26.4 Å². The van der Waals surface area contributed by atoms with Crippen LogP contribution in [0.3, 0.4) is 0 Å². The Morgan fingerprint density at radius 2 is 1.43 bits per heavy atom. The molecule has 1 N–H and O–H groups in total. The normalized spacial score (nSPS) is 14.9. The zero-order chi connectivity index (χ0) is 25.4. The molecule has 3 aromatic rings. The molecule has 0 bridgehead atoms. The number of hydrogen-bond donors (Lipinski definition) is 1. The summed E-state index contributed by atoms with van der Waals surface area (Å²) >= 11 is 18.7. The topological polar surface area (TPSA) is 42.2 Å². The lowest BCUT2D eigenvalue weighted by molar-refractivity contribution is 0.437. The maximum Gasteiger partial charge on any atom is 0.0900 e. The highest BCUT2D eigenvalue weighted by Gasteiger charge is 2.18. The Kier molecular flexibility index (Phi) is 6.81. The van der Waals surface area contributed by atoms with Crippen LogP contribution in [-0.4, -0.2) is 15.6 Å². The van der Waals surface area contributed by atoms with Gasteiger partial charge in [0.05, 0.1) is 39.5 Å². The van der Waals surface area contributed by atoms with E-state index in [0.29, 0.717) is 21.1 Å². The Bertz CT molecular complexity index is 1600. The maximum atomic E-state index is 6.37. The quantitative estimate of drug-likeness (QED) is 0.228. The molecule has 1 saturated carbocycles. The highest BCUT2D eigenvalue weighted by atomic mass is 35.5. The van der Waals surface area contributed by atoms with Crippen LogP contribution in [-0.2, 0) is 0 Å². The van der Waals surface area contributed by atoms with E-state index >= 15 is 0 Å². The fourth-order valence-electron chi connectivity index (χ4n) is 5.04. The largest absolute Gasteiger partial charge is 0.354 e. The molecule has 6 rings (SSSR count). The number of aromatic nitrogens is 2. The Labute approximate surface area is 230 Å². The van der Waals surface area contributed by atoms with E-state index in [1.165, 1.54) is 19.3 Å². The van der Waals surface area contributed by atoms with E-state index < -0.39 is 0 Å². The summed E-state index contributed by atoms with van der Waals surface area (Å²) in [4.78, 5) is 10.3. The molecule has 4 nitrogen and oxygen atoms in total. The molecule has 7 heteroatoms. The monoisotopic (exact) mass is 546 g/mol. The van der Waals surface area contributed by atoms with Gasteiger partial charge in [0.25, 0.3) is 0 Å². The molecule has 1 aliphatic heterocycles. The summed E-state index contributed by atoms with van der Waals surface area (Å²) < 4.78 is 2.20. The molecule has 2 aliphatic carbocycles. The fourth-order valence-corrected chi connectivity index (χ4v) is 5.46. The average Bonchev–Trinajstić information content (AvgIpc) is 2.90. The minimum atomic E-state index is 0.313. The second-order valence-electron chi connectivity index (χ2n) is 9.47. The van der Waals surface area contributed by atoms with Crippen molar-refractivity contribution in [3.8, 4) is 17.1 Å². The van der Waals surface area contributed by atoms with Crippen LogP contribution in [0.4, 0.5) is 11.4 Å². The number of nitrogens with one attached hydrogen (secondary N) is 1. The summed E-state index contributed by atoms with van der Waals surface area (Å²) in [6.07, 6.45) is 5.96. The number of nitrogens with zero attached hydrogens (tertiary/aromatic N) is 3. The first-order valence-corrected chi connectivity index (χ1v) is 13.7. The van der Waals surface area contributed by atoms with Crippen molar-refractivity contribution in [1.29, 1.82) is 0 Å². The van der Waals surface area contributed by atoms with E-state index in [0.717, 1.165) is 57.7 Å². The van der Waals surface area contributed by atoms with Gasteiger partial charge in [-0.1, -0.05) is 54.1 Å². The van der Waals surface area contributed by atoms with Gasteiger partial charge in [-0.05, 0) is 91.7 Å². The molecule has 1 heterocycles. The molecule has 0 aromatic heterocycles. The molecule has 1 fully saturated rings. The lowest BCUT2D eigenvalue weighted by Gasteiger charge is -2.22. The molecule has 3 aromatic carbocycles. The first-order valence-electron chi connectivity index (χ1n) is 12.5. The Hall–Kier alpha value is -3.05. The van der Waals surface area contributed by atoms with E-state index in [2.05, 4.69) is 22.0 Å². The van der Waals surface area contributed by atoms with Crippen LogP contribution in [0.25, 0.3) is 28.1 Å². The minimum absolute atomic E-state index is 0.313. The third-order valence-electron chi connectivity index (χ3n) is 6.86. The van der Waals surface area contributed by atoms with E-state index in [-0.39, 0.29) is 0 Å². The number of benzene rings is 4. The summed E-state index contributed by atoms with van der Waals surface area (Å²) in [6.45, 7) is 0. The SMILES string of the molecule is Clc1ccc(Nc2cc3nc4cc(Cl)ccc4n(-c4ccc(Cl)cc4)c-3c/c2=N\C2CCCCC2)cc1. The number of rotatable bonds is 4. The second kappa shape index (κ2) is 10.4. The summed E-state index contributed by atoms with van der Waals surface area (Å²) in [5.41, 5.74) is 6.42. The van der Waals surface area contributed by atoms with Gasteiger partial charge < -0.3 is 9.88 Å². The second-order valence-corrected chi connectivity index (χ2v) is 10.8. The molecular weight excluding hydrogens is 523 g/mol. The first kappa shape index (κ1) is 24.3. The molecule has 0 atom stereocenters. The molecule has 37 heavy (non-hydrogen) atoms.